The predicted octanol–water partition coefficient (Wildman–Crippen LogP) is -2.75. The molecular formula is C10H12Cl2SSiZr. The topological polar surface area (TPSA) is 0 Å². The van der Waals surface area contributed by atoms with E-state index in [1.54, 1.807) is 15.0 Å². The van der Waals surface area contributed by atoms with Gasteiger partial charge in [-0.25, -0.2) is 0 Å². The van der Waals surface area contributed by atoms with Crippen molar-refractivity contribution >= 4 is 19.8 Å². The first-order valence-electron chi connectivity index (χ1n) is 4.43. The fourth-order valence-corrected chi connectivity index (χ4v) is 8.52. The smallest absolute Gasteiger partial charge is 1.00 e. The first kappa shape index (κ1) is 16.2. The second-order valence-corrected chi connectivity index (χ2v) is 9.97. The molecule has 1 unspecified atom stereocenters. The minimum absolute atomic E-state index is 0. The van der Waals surface area contributed by atoms with Gasteiger partial charge in [0.15, 0.2) is 0 Å². The summed E-state index contributed by atoms with van der Waals surface area (Å²) in [5, 5.41) is 3.60. The monoisotopic (exact) mass is 352 g/mol. The molecule has 3 rings (SSSR count). The molecule has 0 aromatic heterocycles. The Labute approximate surface area is 128 Å². The van der Waals surface area contributed by atoms with Crippen LogP contribution in [0.4, 0.5) is 0 Å². The molecule has 0 spiro atoms. The van der Waals surface area contributed by atoms with E-state index in [1.165, 1.54) is 0 Å². The number of allylic oxidation sites excluding steroid dienone is 6. The normalized spacial score (nSPS) is 27.5. The summed E-state index contributed by atoms with van der Waals surface area (Å²) < 4.78 is 0. The fraction of sp³-hybridized carbons (Fsp3) is 0.400. The van der Waals surface area contributed by atoms with Gasteiger partial charge in [-0.15, -0.1) is 0 Å². The molecule has 1 aliphatic carbocycles. The Bertz CT molecular complexity index is 385. The number of hydrogen-bond acceptors (Lipinski definition) is 1. The van der Waals surface area contributed by atoms with Crippen molar-refractivity contribution in [3.8, 4) is 0 Å². The Hall–Kier alpha value is 1.25. The second kappa shape index (κ2) is 4.86. The molecule has 0 saturated carbocycles. The van der Waals surface area contributed by atoms with E-state index in [9.17, 15) is 0 Å². The average Bonchev–Trinajstić information content (AvgIpc) is 2.39. The van der Waals surface area contributed by atoms with Crippen LogP contribution >= 0.6 is 11.8 Å². The summed E-state index contributed by atoms with van der Waals surface area (Å²) in [6.45, 7) is 7.26. The van der Waals surface area contributed by atoms with E-state index in [2.05, 4.69) is 32.2 Å². The summed E-state index contributed by atoms with van der Waals surface area (Å²) in [5.41, 5.74) is 0. The van der Waals surface area contributed by atoms with Crippen molar-refractivity contribution in [1.29, 1.82) is 0 Å². The van der Waals surface area contributed by atoms with E-state index >= 15 is 0 Å². The summed E-state index contributed by atoms with van der Waals surface area (Å²) in [7, 11) is -1.06. The molecule has 0 bridgehead atoms. The van der Waals surface area contributed by atoms with Gasteiger partial charge in [0.1, 0.15) is 8.07 Å². The van der Waals surface area contributed by atoms with Crippen LogP contribution in [0.15, 0.2) is 32.4 Å². The summed E-state index contributed by atoms with van der Waals surface area (Å²) in [6, 6.07) is 0. The van der Waals surface area contributed by atoms with Crippen LogP contribution in [0.1, 0.15) is 6.92 Å². The molecule has 0 amide bonds. The molecule has 0 nitrogen and oxygen atoms in total. The SMILES string of the molecule is CC1=C2C3C(=CC=C3[Si]2(C)C)S1.[Cl-].[Cl-].[Zr+2]. The van der Waals surface area contributed by atoms with Gasteiger partial charge >= 0.3 is 26.2 Å². The quantitative estimate of drug-likeness (QED) is 0.425. The number of hydrogen-bond donors (Lipinski definition) is 0. The first-order valence-corrected chi connectivity index (χ1v) is 8.25. The van der Waals surface area contributed by atoms with E-state index < -0.39 is 8.07 Å². The van der Waals surface area contributed by atoms with Crippen LogP contribution in [0.5, 0.6) is 0 Å². The predicted molar refractivity (Wildman–Crippen MR) is 57.4 cm³/mol. The van der Waals surface area contributed by atoms with Gasteiger partial charge in [-0.2, -0.15) is 0 Å². The van der Waals surface area contributed by atoms with Gasteiger partial charge in [0.2, 0.25) is 0 Å². The van der Waals surface area contributed by atoms with Crippen molar-refractivity contribution in [2.45, 2.75) is 20.0 Å². The molecule has 3 aliphatic rings. The number of halogens is 2. The molecule has 1 saturated heterocycles. The van der Waals surface area contributed by atoms with Crippen molar-refractivity contribution < 1.29 is 51.0 Å². The summed E-state index contributed by atoms with van der Waals surface area (Å²) >= 11 is 2.01. The zero-order valence-corrected chi connectivity index (χ0v) is 14.7. The van der Waals surface area contributed by atoms with Crippen molar-refractivity contribution in [2.75, 3.05) is 0 Å². The Balaban J connectivity index is 0.000000653. The number of thioether (sulfide) groups is 1. The van der Waals surface area contributed by atoms with Gasteiger partial charge in [-0.3, -0.25) is 0 Å². The minimum atomic E-state index is -1.06. The molecule has 15 heavy (non-hydrogen) atoms. The van der Waals surface area contributed by atoms with E-state index in [0.717, 1.165) is 5.92 Å². The van der Waals surface area contributed by atoms with E-state index in [1.807, 2.05) is 17.0 Å². The molecule has 2 aliphatic heterocycles. The van der Waals surface area contributed by atoms with Gasteiger partial charge in [-0.1, -0.05) is 47.4 Å². The van der Waals surface area contributed by atoms with Crippen molar-refractivity contribution in [3.63, 3.8) is 0 Å². The largest absolute Gasteiger partial charge is 2.00 e. The average molecular weight is 354 g/mol. The molecule has 5 heteroatoms. The molecule has 1 fully saturated rings. The molecular weight excluding hydrogens is 342 g/mol. The van der Waals surface area contributed by atoms with Crippen LogP contribution in [0.2, 0.25) is 13.1 Å². The molecule has 0 N–H and O–H groups in total. The number of rotatable bonds is 0. The molecule has 1 atom stereocenters. The molecule has 0 aromatic carbocycles. The van der Waals surface area contributed by atoms with Crippen molar-refractivity contribution in [2.24, 2.45) is 5.92 Å². The van der Waals surface area contributed by atoms with Crippen molar-refractivity contribution in [3.05, 3.63) is 32.4 Å². The Kier molecular flexibility index (Phi) is 5.26. The zero-order valence-electron chi connectivity index (χ0n) is 8.90. The Morgan fingerprint density at radius 3 is 2.40 bits per heavy atom. The zero-order chi connectivity index (χ0) is 8.51. The van der Waals surface area contributed by atoms with Gasteiger partial charge in [0.25, 0.3) is 0 Å². The van der Waals surface area contributed by atoms with E-state index in [0.29, 0.717) is 0 Å². The third kappa shape index (κ3) is 1.83. The maximum atomic E-state index is 2.48. The van der Waals surface area contributed by atoms with Crippen LogP contribution in [-0.4, -0.2) is 8.07 Å². The third-order valence-corrected chi connectivity index (χ3v) is 8.58. The summed E-state index contributed by atoms with van der Waals surface area (Å²) in [6.07, 6.45) is 4.72. The van der Waals surface area contributed by atoms with Gasteiger partial charge in [0.05, 0.1) is 0 Å². The van der Waals surface area contributed by atoms with Crippen LogP contribution in [0.3, 0.4) is 0 Å². The van der Waals surface area contributed by atoms with E-state index in [4.69, 9.17) is 0 Å². The van der Waals surface area contributed by atoms with Crippen LogP contribution in [-0.2, 0) is 26.2 Å². The Morgan fingerprint density at radius 1 is 1.20 bits per heavy atom. The molecule has 0 aromatic rings. The van der Waals surface area contributed by atoms with Crippen LogP contribution in [0.25, 0.3) is 0 Å². The Morgan fingerprint density at radius 2 is 1.80 bits per heavy atom. The van der Waals surface area contributed by atoms with Crippen LogP contribution < -0.4 is 24.8 Å². The molecule has 0 radical (unpaired) electrons. The maximum Gasteiger partial charge on any atom is 2.00 e. The third-order valence-electron chi connectivity index (χ3n) is 3.36. The fourth-order valence-electron chi connectivity index (χ4n) is 2.79. The minimum Gasteiger partial charge on any atom is -1.00 e. The summed E-state index contributed by atoms with van der Waals surface area (Å²) in [4.78, 5) is 3.21. The van der Waals surface area contributed by atoms with Crippen molar-refractivity contribution in [1.82, 2.24) is 0 Å². The van der Waals surface area contributed by atoms with E-state index in [-0.39, 0.29) is 51.0 Å². The first-order chi connectivity index (χ1) is 5.62. The molecule has 80 valence electrons. The summed E-state index contributed by atoms with van der Waals surface area (Å²) in [5.74, 6) is 0.789. The van der Waals surface area contributed by atoms with Crippen LogP contribution in [0, 0.1) is 5.92 Å². The molecule has 2 heterocycles. The van der Waals surface area contributed by atoms with Gasteiger partial charge in [-0.05, 0) is 16.7 Å². The van der Waals surface area contributed by atoms with Gasteiger partial charge in [0, 0.05) is 5.92 Å². The maximum absolute atomic E-state index is 2.48. The van der Waals surface area contributed by atoms with Gasteiger partial charge < -0.3 is 24.8 Å². The standard InChI is InChI=1S/C10H12SSi.2ClH.Zr/c1-6-10-9-7(11-6)4-5-8(9)12(10,2)3;;;/h4-5,9H,1-3H3;2*1H;/q;;;+2/p-2. The second-order valence-electron chi connectivity index (χ2n) is 4.32.